The van der Waals surface area contributed by atoms with Gasteiger partial charge in [-0.1, -0.05) is 147 Å². The molecule has 0 atom stereocenters. The lowest BCUT2D eigenvalue weighted by molar-refractivity contribution is 0.173. The maximum Gasteiger partial charge on any atom is 0.256 e. The summed E-state index contributed by atoms with van der Waals surface area (Å²) in [4.78, 5) is 5.17. The molecule has 342 valence electrons. The van der Waals surface area contributed by atoms with Gasteiger partial charge in [0, 0.05) is 44.0 Å². The molecular formula is C60H53BN2O4S2. The average molecular weight is 941 g/mol. The Bertz CT molecular complexity index is 3370. The summed E-state index contributed by atoms with van der Waals surface area (Å²) >= 11 is 3.80. The van der Waals surface area contributed by atoms with E-state index >= 15 is 0 Å². The van der Waals surface area contributed by atoms with Crippen LogP contribution in [-0.2, 0) is 16.2 Å². The van der Waals surface area contributed by atoms with Gasteiger partial charge in [-0.3, -0.25) is 0 Å². The van der Waals surface area contributed by atoms with Gasteiger partial charge < -0.3 is 28.7 Å². The first-order valence-electron chi connectivity index (χ1n) is 24.0. The molecule has 0 radical (unpaired) electrons. The number of hydrogen-bond acceptors (Lipinski definition) is 8. The Morgan fingerprint density at radius 3 is 1.19 bits per heavy atom. The first kappa shape index (κ1) is 42.4. The molecule has 69 heavy (non-hydrogen) atoms. The van der Waals surface area contributed by atoms with Crippen LogP contribution in [0, 0.1) is 0 Å². The molecule has 6 nitrogen and oxygen atoms in total. The number of thiophene rings is 2. The minimum absolute atomic E-state index is 0.0573. The lowest BCUT2D eigenvalue weighted by Gasteiger charge is -2.44. The van der Waals surface area contributed by atoms with E-state index in [1.54, 1.807) is 0 Å². The van der Waals surface area contributed by atoms with Crippen LogP contribution < -0.4 is 45.1 Å². The molecule has 0 spiro atoms. The standard InChI is InChI=1S/C60H53BN2O4S2/c1-58(2,3)36-20-22-51-41(24-36)53-56(68-51)62(43-30-49-47(64-32-66-49)28-39(43)34-16-12-10-13-17-34)45-26-38(60(7,8)9)27-46-55(45)61(53)54-42-25-37(59(4,5)6)21-23-52(42)69-57(54)63(46)44-31-50-48(65-33-67-50)29-40(44)35-18-14-11-15-19-35/h10-31H,32-33H2,1-9H3. The van der Waals surface area contributed by atoms with Crippen LogP contribution in [-0.4, -0.2) is 20.3 Å². The highest BCUT2D eigenvalue weighted by molar-refractivity contribution is 7.29. The molecule has 0 aliphatic carbocycles. The molecule has 0 N–H and O–H groups in total. The lowest BCUT2D eigenvalue weighted by atomic mass is 9.33. The number of nitrogens with zero attached hydrogens (tertiary/aromatic N) is 2. The second-order valence-corrected chi connectivity index (χ2v) is 24.1. The zero-order valence-electron chi connectivity index (χ0n) is 40.5. The van der Waals surface area contributed by atoms with Crippen LogP contribution >= 0.6 is 22.7 Å². The predicted octanol–water partition coefficient (Wildman–Crippen LogP) is 14.9. The fourth-order valence-corrected chi connectivity index (χ4v) is 13.3. The summed E-state index contributed by atoms with van der Waals surface area (Å²) in [6, 6.07) is 49.8. The number of ether oxygens (including phenoxy) is 4. The largest absolute Gasteiger partial charge is 0.454 e. The van der Waals surface area contributed by atoms with Crippen LogP contribution in [0.25, 0.3) is 42.4 Å². The summed E-state index contributed by atoms with van der Waals surface area (Å²) in [5.41, 5.74) is 16.3. The van der Waals surface area contributed by atoms with Gasteiger partial charge in [0.2, 0.25) is 13.6 Å². The van der Waals surface area contributed by atoms with Crippen LogP contribution in [0.15, 0.2) is 133 Å². The first-order chi connectivity index (χ1) is 33.1. The van der Waals surface area contributed by atoms with E-state index < -0.39 is 0 Å². The van der Waals surface area contributed by atoms with Crippen molar-refractivity contribution in [3.05, 3.63) is 150 Å². The molecule has 0 fully saturated rings. The SMILES string of the molecule is CC(C)(C)c1cc2c3c(c1)N(c1cc4c(cc1-c1ccccc1)OCO4)c1sc4ccc(C(C)(C)C)cc4c1B3c1c(sc3ccc(C(C)(C)C)cc13)N2c1cc2c(cc1-c1ccccc1)OCO2. The van der Waals surface area contributed by atoms with E-state index in [0.717, 1.165) is 68.0 Å². The molecule has 0 saturated carbocycles. The van der Waals surface area contributed by atoms with Gasteiger partial charge in [-0.15, -0.1) is 22.7 Å². The molecule has 6 heterocycles. The van der Waals surface area contributed by atoms with Crippen LogP contribution in [0.4, 0.5) is 32.8 Å². The molecule has 4 aliphatic rings. The third-order valence-electron chi connectivity index (χ3n) is 14.5. The molecule has 0 bridgehead atoms. The van der Waals surface area contributed by atoms with Crippen LogP contribution in [0.1, 0.15) is 79.0 Å². The molecule has 9 heteroatoms. The lowest BCUT2D eigenvalue weighted by Crippen LogP contribution is -2.60. The summed E-state index contributed by atoms with van der Waals surface area (Å²) < 4.78 is 27.4. The van der Waals surface area contributed by atoms with Crippen molar-refractivity contribution in [3.63, 3.8) is 0 Å². The van der Waals surface area contributed by atoms with Gasteiger partial charge in [-0.25, -0.2) is 0 Å². The Hall–Kier alpha value is -6.68. The fraction of sp³-hybridized carbons (Fsp3) is 0.233. The van der Waals surface area contributed by atoms with Gasteiger partial charge in [0.1, 0.15) is 0 Å². The number of rotatable bonds is 4. The van der Waals surface area contributed by atoms with Gasteiger partial charge in [0.15, 0.2) is 23.0 Å². The van der Waals surface area contributed by atoms with Crippen molar-refractivity contribution < 1.29 is 18.9 Å². The van der Waals surface area contributed by atoms with E-state index in [0.29, 0.717) is 0 Å². The maximum absolute atomic E-state index is 6.28. The molecule has 0 amide bonds. The normalized spacial score (nSPS) is 14.7. The summed E-state index contributed by atoms with van der Waals surface area (Å²) in [6.45, 7) is 21.2. The Labute approximate surface area is 412 Å². The molecule has 4 aliphatic heterocycles. The van der Waals surface area contributed by atoms with E-state index in [1.165, 1.54) is 63.3 Å². The smallest absolute Gasteiger partial charge is 0.256 e. The summed E-state index contributed by atoms with van der Waals surface area (Å²) in [6.07, 6.45) is 0. The van der Waals surface area contributed by atoms with E-state index in [2.05, 4.69) is 206 Å². The van der Waals surface area contributed by atoms with E-state index in [9.17, 15) is 0 Å². The Morgan fingerprint density at radius 1 is 0.406 bits per heavy atom. The van der Waals surface area contributed by atoms with Crippen LogP contribution in [0.5, 0.6) is 23.0 Å². The zero-order chi connectivity index (χ0) is 47.3. The number of hydrogen-bond donors (Lipinski definition) is 0. The molecule has 7 aromatic carbocycles. The minimum Gasteiger partial charge on any atom is -0.454 e. The fourth-order valence-electron chi connectivity index (χ4n) is 10.8. The highest BCUT2D eigenvalue weighted by atomic mass is 32.1. The van der Waals surface area contributed by atoms with Crippen molar-refractivity contribution in [1.82, 2.24) is 0 Å². The average Bonchev–Trinajstić information content (AvgIpc) is 4.15. The number of anilines is 6. The molecule has 0 saturated heterocycles. The maximum atomic E-state index is 6.28. The summed E-state index contributed by atoms with van der Waals surface area (Å²) in [7, 11) is 0. The molecule has 13 rings (SSSR count). The summed E-state index contributed by atoms with van der Waals surface area (Å²) in [5.74, 6) is 3.02. The van der Waals surface area contributed by atoms with Gasteiger partial charge >= 0.3 is 0 Å². The van der Waals surface area contributed by atoms with Crippen molar-refractivity contribution in [2.45, 2.75) is 78.6 Å². The quantitative estimate of drug-likeness (QED) is 0.164. The second-order valence-electron chi connectivity index (χ2n) is 22.0. The van der Waals surface area contributed by atoms with Crippen molar-refractivity contribution in [2.75, 3.05) is 23.4 Å². The molecular weight excluding hydrogens is 888 g/mol. The zero-order valence-corrected chi connectivity index (χ0v) is 42.2. The van der Waals surface area contributed by atoms with Gasteiger partial charge in [-0.05, 0) is 108 Å². The highest BCUT2D eigenvalue weighted by Crippen LogP contribution is 2.56. The third-order valence-corrected chi connectivity index (χ3v) is 16.9. The number of benzene rings is 7. The van der Waals surface area contributed by atoms with Gasteiger partial charge in [-0.2, -0.15) is 0 Å². The Kier molecular flexibility index (Phi) is 9.17. The van der Waals surface area contributed by atoms with Crippen LogP contribution in [0.3, 0.4) is 0 Å². The Balaban J connectivity index is 1.22. The number of fused-ring (bicyclic) bond motifs is 10. The van der Waals surface area contributed by atoms with E-state index in [4.69, 9.17) is 18.9 Å². The molecule has 9 aromatic rings. The van der Waals surface area contributed by atoms with Crippen molar-refractivity contribution >= 4 is 98.7 Å². The Morgan fingerprint density at radius 2 is 0.797 bits per heavy atom. The second kappa shape index (κ2) is 14.9. The van der Waals surface area contributed by atoms with E-state index in [1.807, 2.05) is 22.7 Å². The van der Waals surface area contributed by atoms with Crippen molar-refractivity contribution in [3.8, 4) is 45.3 Å². The summed E-state index contributed by atoms with van der Waals surface area (Å²) in [5, 5.41) is 5.05. The van der Waals surface area contributed by atoms with Crippen LogP contribution in [0.2, 0.25) is 0 Å². The first-order valence-corrected chi connectivity index (χ1v) is 25.6. The monoisotopic (exact) mass is 940 g/mol. The highest BCUT2D eigenvalue weighted by Gasteiger charge is 2.49. The van der Waals surface area contributed by atoms with E-state index in [-0.39, 0.29) is 36.5 Å². The topological polar surface area (TPSA) is 43.4 Å². The minimum atomic E-state index is -0.212. The van der Waals surface area contributed by atoms with Gasteiger partial charge in [0.25, 0.3) is 6.71 Å². The molecule has 2 aromatic heterocycles. The molecule has 0 unspecified atom stereocenters. The van der Waals surface area contributed by atoms with Crippen molar-refractivity contribution in [2.24, 2.45) is 0 Å². The van der Waals surface area contributed by atoms with Crippen molar-refractivity contribution in [1.29, 1.82) is 0 Å². The van der Waals surface area contributed by atoms with Gasteiger partial charge in [0.05, 0.1) is 21.4 Å². The third kappa shape index (κ3) is 6.56. The predicted molar refractivity (Wildman–Crippen MR) is 290 cm³/mol.